The summed E-state index contributed by atoms with van der Waals surface area (Å²) in [5.74, 6) is 0.182. The molecule has 1 heterocycles. The van der Waals surface area contributed by atoms with E-state index in [1.54, 1.807) is 0 Å². The predicted octanol–water partition coefficient (Wildman–Crippen LogP) is 3.00. The number of anilines is 1. The van der Waals surface area contributed by atoms with Crippen LogP contribution in [0.25, 0.3) is 0 Å². The number of nitrogens with one attached hydrogen (secondary N) is 2. The van der Waals surface area contributed by atoms with Crippen LogP contribution in [0.5, 0.6) is 0 Å². The Bertz CT molecular complexity index is 766. The number of benzene rings is 2. The summed E-state index contributed by atoms with van der Waals surface area (Å²) in [6.45, 7) is 4.61. The number of likely N-dealkylation sites (tertiary alicyclic amines) is 1. The minimum absolute atomic E-state index is 0.00499. The summed E-state index contributed by atoms with van der Waals surface area (Å²) in [5, 5.41) is 5.99. The minimum atomic E-state index is -0.00499. The molecule has 0 aliphatic carbocycles. The lowest BCUT2D eigenvalue weighted by Gasteiger charge is -2.30. The van der Waals surface area contributed by atoms with Gasteiger partial charge in [0.2, 0.25) is 11.8 Å². The SMILES string of the molecule is Cc1ccc(NC(=O)CN2CCC(C(=O)NCCc3ccccc3)CC2)cc1. The Kier molecular flexibility index (Phi) is 7.20. The van der Waals surface area contributed by atoms with E-state index in [4.69, 9.17) is 0 Å². The molecule has 5 heteroatoms. The molecule has 2 aromatic carbocycles. The van der Waals surface area contributed by atoms with E-state index >= 15 is 0 Å². The van der Waals surface area contributed by atoms with E-state index < -0.39 is 0 Å². The van der Waals surface area contributed by atoms with Gasteiger partial charge in [0.25, 0.3) is 0 Å². The molecule has 148 valence electrons. The maximum absolute atomic E-state index is 12.4. The monoisotopic (exact) mass is 379 g/mol. The molecule has 1 aliphatic heterocycles. The highest BCUT2D eigenvalue weighted by atomic mass is 16.2. The van der Waals surface area contributed by atoms with Gasteiger partial charge >= 0.3 is 0 Å². The summed E-state index contributed by atoms with van der Waals surface area (Å²) < 4.78 is 0. The molecule has 1 aliphatic rings. The van der Waals surface area contributed by atoms with Crippen molar-refractivity contribution in [1.29, 1.82) is 0 Å². The number of hydrogen-bond acceptors (Lipinski definition) is 3. The van der Waals surface area contributed by atoms with Gasteiger partial charge in [0.15, 0.2) is 0 Å². The fourth-order valence-corrected chi connectivity index (χ4v) is 3.51. The number of rotatable bonds is 7. The van der Waals surface area contributed by atoms with Crippen LogP contribution in [0.4, 0.5) is 5.69 Å². The van der Waals surface area contributed by atoms with Crippen molar-refractivity contribution in [3.63, 3.8) is 0 Å². The third kappa shape index (κ3) is 6.20. The van der Waals surface area contributed by atoms with Gasteiger partial charge in [-0.3, -0.25) is 14.5 Å². The number of hydrogen-bond donors (Lipinski definition) is 2. The number of carbonyl (C=O) groups is 2. The zero-order valence-corrected chi connectivity index (χ0v) is 16.5. The molecule has 2 amide bonds. The van der Waals surface area contributed by atoms with E-state index in [1.165, 1.54) is 11.1 Å². The van der Waals surface area contributed by atoms with Gasteiger partial charge in [0.05, 0.1) is 6.54 Å². The molecule has 28 heavy (non-hydrogen) atoms. The molecule has 2 N–H and O–H groups in total. The Balaban J connectivity index is 1.34. The zero-order valence-electron chi connectivity index (χ0n) is 16.5. The van der Waals surface area contributed by atoms with Crippen molar-refractivity contribution in [1.82, 2.24) is 10.2 Å². The van der Waals surface area contributed by atoms with Crippen molar-refractivity contribution in [3.8, 4) is 0 Å². The van der Waals surface area contributed by atoms with E-state index in [0.29, 0.717) is 13.1 Å². The first-order chi connectivity index (χ1) is 13.6. The first kappa shape index (κ1) is 20.1. The van der Waals surface area contributed by atoms with E-state index in [1.807, 2.05) is 49.4 Å². The molecule has 0 saturated carbocycles. The highest BCUT2D eigenvalue weighted by Gasteiger charge is 2.25. The van der Waals surface area contributed by atoms with Gasteiger partial charge in [0.1, 0.15) is 0 Å². The molecule has 5 nitrogen and oxygen atoms in total. The molecule has 1 saturated heterocycles. The summed E-state index contributed by atoms with van der Waals surface area (Å²) in [6.07, 6.45) is 2.45. The van der Waals surface area contributed by atoms with Crippen molar-refractivity contribution in [2.24, 2.45) is 5.92 Å². The molecule has 2 aromatic rings. The molecule has 0 unspecified atom stereocenters. The maximum Gasteiger partial charge on any atom is 0.238 e. The number of piperidine rings is 1. The highest BCUT2D eigenvalue weighted by molar-refractivity contribution is 5.92. The van der Waals surface area contributed by atoms with Crippen LogP contribution in [-0.4, -0.2) is 42.9 Å². The topological polar surface area (TPSA) is 61.4 Å². The largest absolute Gasteiger partial charge is 0.356 e. The predicted molar refractivity (Wildman–Crippen MR) is 112 cm³/mol. The quantitative estimate of drug-likeness (QED) is 0.777. The van der Waals surface area contributed by atoms with Gasteiger partial charge in [-0.1, -0.05) is 48.0 Å². The number of aryl methyl sites for hydroxylation is 1. The first-order valence-corrected chi connectivity index (χ1v) is 10.0. The molecule has 0 atom stereocenters. The molecule has 3 rings (SSSR count). The Hall–Kier alpha value is -2.66. The average Bonchev–Trinajstić information content (AvgIpc) is 2.71. The summed E-state index contributed by atoms with van der Waals surface area (Å²) in [7, 11) is 0. The van der Waals surface area contributed by atoms with Crippen LogP contribution < -0.4 is 10.6 Å². The van der Waals surface area contributed by atoms with E-state index in [9.17, 15) is 9.59 Å². The number of nitrogens with zero attached hydrogens (tertiary/aromatic N) is 1. The van der Waals surface area contributed by atoms with E-state index in [2.05, 4.69) is 27.7 Å². The molecule has 0 bridgehead atoms. The Morgan fingerprint density at radius 2 is 1.68 bits per heavy atom. The lowest BCUT2D eigenvalue weighted by atomic mass is 9.96. The molecule has 0 spiro atoms. The second-order valence-electron chi connectivity index (χ2n) is 7.49. The third-order valence-corrected chi connectivity index (χ3v) is 5.22. The van der Waals surface area contributed by atoms with Crippen LogP contribution >= 0.6 is 0 Å². The Morgan fingerprint density at radius 1 is 1.00 bits per heavy atom. The second-order valence-corrected chi connectivity index (χ2v) is 7.49. The van der Waals surface area contributed by atoms with Crippen LogP contribution in [0.2, 0.25) is 0 Å². The van der Waals surface area contributed by atoms with Gasteiger partial charge in [-0.05, 0) is 57.0 Å². The fourth-order valence-electron chi connectivity index (χ4n) is 3.51. The van der Waals surface area contributed by atoms with Crippen LogP contribution in [-0.2, 0) is 16.0 Å². The summed E-state index contributed by atoms with van der Waals surface area (Å²) in [4.78, 5) is 26.7. The molecule has 0 aromatic heterocycles. The highest BCUT2D eigenvalue weighted by Crippen LogP contribution is 2.17. The van der Waals surface area contributed by atoms with E-state index in [-0.39, 0.29) is 17.7 Å². The van der Waals surface area contributed by atoms with Crippen molar-refractivity contribution in [3.05, 3.63) is 65.7 Å². The third-order valence-electron chi connectivity index (χ3n) is 5.22. The van der Waals surface area contributed by atoms with Gasteiger partial charge in [-0.25, -0.2) is 0 Å². The minimum Gasteiger partial charge on any atom is -0.356 e. The number of amides is 2. The van der Waals surface area contributed by atoms with Gasteiger partial charge in [-0.15, -0.1) is 0 Å². The Labute approximate surface area is 167 Å². The average molecular weight is 380 g/mol. The molecular weight excluding hydrogens is 350 g/mol. The van der Waals surface area contributed by atoms with Crippen molar-refractivity contribution < 1.29 is 9.59 Å². The molecule has 1 fully saturated rings. The normalized spacial score (nSPS) is 15.2. The maximum atomic E-state index is 12.4. The lowest BCUT2D eigenvalue weighted by molar-refractivity contribution is -0.126. The van der Waals surface area contributed by atoms with Gasteiger partial charge in [0, 0.05) is 18.2 Å². The van der Waals surface area contributed by atoms with Crippen LogP contribution in [0.15, 0.2) is 54.6 Å². The van der Waals surface area contributed by atoms with Crippen LogP contribution in [0.1, 0.15) is 24.0 Å². The van der Waals surface area contributed by atoms with Gasteiger partial charge < -0.3 is 10.6 Å². The molecule has 0 radical (unpaired) electrons. The van der Waals surface area contributed by atoms with Crippen molar-refractivity contribution in [2.75, 3.05) is 31.5 Å². The first-order valence-electron chi connectivity index (χ1n) is 10.0. The zero-order chi connectivity index (χ0) is 19.8. The second kappa shape index (κ2) is 10.0. The summed E-state index contributed by atoms with van der Waals surface area (Å²) in [5.41, 5.74) is 3.22. The lowest BCUT2D eigenvalue weighted by Crippen LogP contribution is -2.43. The number of carbonyl (C=O) groups excluding carboxylic acids is 2. The standard InChI is InChI=1S/C23H29N3O2/c1-18-7-9-21(10-8-18)25-22(27)17-26-15-12-20(13-16-26)23(28)24-14-11-19-5-3-2-4-6-19/h2-10,20H,11-17H2,1H3,(H,24,28)(H,25,27). The van der Waals surface area contributed by atoms with Crippen molar-refractivity contribution in [2.45, 2.75) is 26.2 Å². The van der Waals surface area contributed by atoms with Crippen molar-refractivity contribution >= 4 is 17.5 Å². The molecular formula is C23H29N3O2. The van der Waals surface area contributed by atoms with Gasteiger partial charge in [-0.2, -0.15) is 0 Å². The van der Waals surface area contributed by atoms with Crippen LogP contribution in [0, 0.1) is 12.8 Å². The summed E-state index contributed by atoms with van der Waals surface area (Å²) >= 11 is 0. The smallest absolute Gasteiger partial charge is 0.238 e. The van der Waals surface area contributed by atoms with E-state index in [0.717, 1.165) is 38.0 Å². The fraction of sp³-hybridized carbons (Fsp3) is 0.391. The summed E-state index contributed by atoms with van der Waals surface area (Å²) in [6, 6.07) is 18.0. The van der Waals surface area contributed by atoms with Crippen LogP contribution in [0.3, 0.4) is 0 Å². The Morgan fingerprint density at radius 3 is 2.36 bits per heavy atom.